The Morgan fingerprint density at radius 3 is 2.26 bits per heavy atom. The molecule has 0 aliphatic heterocycles. The molecule has 182 valence electrons. The van der Waals surface area contributed by atoms with E-state index in [1.54, 1.807) is 37.4 Å². The van der Waals surface area contributed by atoms with E-state index < -0.39 is 32.5 Å². The summed E-state index contributed by atoms with van der Waals surface area (Å²) in [7, 11) is -2.62. The van der Waals surface area contributed by atoms with Gasteiger partial charge in [0, 0.05) is 12.1 Å². The highest BCUT2D eigenvalue weighted by molar-refractivity contribution is 7.91. The maximum atomic E-state index is 13.6. The lowest BCUT2D eigenvalue weighted by molar-refractivity contribution is -0.137. The smallest absolute Gasteiger partial charge is 0.417 e. The summed E-state index contributed by atoms with van der Waals surface area (Å²) in [5.41, 5.74) is -0.393. The van der Waals surface area contributed by atoms with E-state index in [4.69, 9.17) is 9.15 Å². The molecule has 0 atom stereocenters. The van der Waals surface area contributed by atoms with Crippen LogP contribution in [0.5, 0.6) is 5.75 Å². The molecule has 0 aliphatic rings. The Morgan fingerprint density at radius 2 is 1.60 bits per heavy atom. The predicted octanol–water partition coefficient (Wildman–Crippen LogP) is 5.86. The van der Waals surface area contributed by atoms with Crippen LogP contribution in [0.1, 0.15) is 11.1 Å². The molecule has 0 saturated heterocycles. The first kappa shape index (κ1) is 24.3. The van der Waals surface area contributed by atoms with Gasteiger partial charge >= 0.3 is 6.18 Å². The third-order valence-electron chi connectivity index (χ3n) is 5.23. The van der Waals surface area contributed by atoms with Gasteiger partial charge in [-0.1, -0.05) is 42.5 Å². The molecule has 0 amide bonds. The van der Waals surface area contributed by atoms with Crippen LogP contribution < -0.4 is 10.1 Å². The lowest BCUT2D eigenvalue weighted by Gasteiger charge is -2.09. The van der Waals surface area contributed by atoms with E-state index in [9.17, 15) is 21.6 Å². The Balaban J connectivity index is 1.71. The van der Waals surface area contributed by atoms with E-state index in [0.717, 1.165) is 11.6 Å². The Hall–Kier alpha value is -3.79. The minimum Gasteiger partial charge on any atom is -0.497 e. The molecule has 1 aromatic heterocycles. The number of methoxy groups -OCH3 is 1. The summed E-state index contributed by atoms with van der Waals surface area (Å²) < 4.78 is 78.0. The first-order valence-corrected chi connectivity index (χ1v) is 12.0. The zero-order chi connectivity index (χ0) is 25.1. The van der Waals surface area contributed by atoms with Gasteiger partial charge in [-0.3, -0.25) is 0 Å². The van der Waals surface area contributed by atoms with Crippen molar-refractivity contribution in [1.82, 2.24) is 4.98 Å². The third kappa shape index (κ3) is 5.32. The van der Waals surface area contributed by atoms with Gasteiger partial charge in [0.25, 0.3) is 0 Å². The number of halogens is 3. The van der Waals surface area contributed by atoms with Gasteiger partial charge in [-0.2, -0.15) is 18.2 Å². The fourth-order valence-corrected chi connectivity index (χ4v) is 4.76. The Labute approximate surface area is 200 Å². The average Bonchev–Trinajstić information content (AvgIpc) is 3.29. The number of oxazole rings is 1. The molecule has 35 heavy (non-hydrogen) atoms. The fraction of sp³-hybridized carbons (Fsp3) is 0.160. The highest BCUT2D eigenvalue weighted by Crippen LogP contribution is 2.39. The van der Waals surface area contributed by atoms with Crippen molar-refractivity contribution >= 4 is 15.7 Å². The molecule has 0 spiro atoms. The standard InChI is InChI=1S/C25H21F3N2O4S/c1-33-18-13-11-17(12-14-18)15-16-29-23-24(35(31,32)19-7-3-2-4-8-19)30-22(34-23)20-9-5-6-10-21(20)25(26,27)28/h2-14,29H,15-16H2,1H3. The van der Waals surface area contributed by atoms with Crippen LogP contribution >= 0.6 is 0 Å². The van der Waals surface area contributed by atoms with E-state index in [1.807, 2.05) is 12.1 Å². The second-order valence-corrected chi connectivity index (χ2v) is 9.40. The van der Waals surface area contributed by atoms with Crippen LogP contribution in [0, 0.1) is 0 Å². The normalized spacial score (nSPS) is 11.9. The van der Waals surface area contributed by atoms with Gasteiger partial charge in [-0.25, -0.2) is 8.42 Å². The molecule has 0 fully saturated rings. The monoisotopic (exact) mass is 502 g/mol. The summed E-state index contributed by atoms with van der Waals surface area (Å²) in [6.07, 6.45) is -4.19. The van der Waals surface area contributed by atoms with Crippen molar-refractivity contribution in [3.05, 3.63) is 90.0 Å². The lowest BCUT2D eigenvalue weighted by Crippen LogP contribution is -2.09. The van der Waals surface area contributed by atoms with Crippen molar-refractivity contribution in [1.29, 1.82) is 0 Å². The number of benzene rings is 3. The van der Waals surface area contributed by atoms with Crippen LogP contribution in [0.3, 0.4) is 0 Å². The first-order chi connectivity index (χ1) is 16.7. The topological polar surface area (TPSA) is 81.4 Å². The second kappa shape index (κ2) is 9.83. The molecule has 0 bridgehead atoms. The summed E-state index contributed by atoms with van der Waals surface area (Å²) in [5, 5.41) is 2.41. The van der Waals surface area contributed by atoms with Crippen molar-refractivity contribution < 1.29 is 30.7 Å². The molecule has 0 radical (unpaired) electrons. The fourth-order valence-electron chi connectivity index (χ4n) is 3.46. The predicted molar refractivity (Wildman–Crippen MR) is 124 cm³/mol. The highest BCUT2D eigenvalue weighted by Gasteiger charge is 2.36. The van der Waals surface area contributed by atoms with Gasteiger partial charge in [0.1, 0.15) is 5.75 Å². The molecule has 6 nitrogen and oxygen atoms in total. The molecule has 0 saturated carbocycles. The zero-order valence-corrected chi connectivity index (χ0v) is 19.4. The molecule has 0 unspecified atom stereocenters. The molecule has 4 rings (SSSR count). The average molecular weight is 503 g/mol. The second-order valence-electron chi connectivity index (χ2n) is 7.54. The molecule has 1 heterocycles. The van der Waals surface area contributed by atoms with Crippen LogP contribution in [0.25, 0.3) is 11.5 Å². The first-order valence-electron chi connectivity index (χ1n) is 10.5. The van der Waals surface area contributed by atoms with Crippen LogP contribution in [-0.2, 0) is 22.4 Å². The van der Waals surface area contributed by atoms with E-state index >= 15 is 0 Å². The van der Waals surface area contributed by atoms with E-state index in [0.29, 0.717) is 12.2 Å². The van der Waals surface area contributed by atoms with Gasteiger partial charge in [0.15, 0.2) is 0 Å². The van der Waals surface area contributed by atoms with Gasteiger partial charge in [0.2, 0.25) is 26.6 Å². The molecular weight excluding hydrogens is 481 g/mol. The van der Waals surface area contributed by atoms with Gasteiger partial charge < -0.3 is 14.5 Å². The lowest BCUT2D eigenvalue weighted by atomic mass is 10.1. The number of anilines is 1. The summed E-state index contributed by atoms with van der Waals surface area (Å²) in [6.45, 7) is 0.249. The Kier molecular flexibility index (Phi) is 6.83. The summed E-state index contributed by atoms with van der Waals surface area (Å²) in [4.78, 5) is 3.96. The molecule has 3 aromatic carbocycles. The SMILES string of the molecule is COc1ccc(CCNc2oc(-c3ccccc3C(F)(F)F)nc2S(=O)(=O)c2ccccc2)cc1. The zero-order valence-electron chi connectivity index (χ0n) is 18.5. The molecule has 4 aromatic rings. The Bertz CT molecular complexity index is 1400. The van der Waals surface area contributed by atoms with Crippen LogP contribution in [-0.4, -0.2) is 27.1 Å². The number of hydrogen-bond donors (Lipinski definition) is 1. The molecule has 0 aliphatic carbocycles. The largest absolute Gasteiger partial charge is 0.497 e. The van der Waals surface area contributed by atoms with Crippen LogP contribution in [0.15, 0.2) is 93.2 Å². The van der Waals surface area contributed by atoms with Gasteiger partial charge in [-0.05, 0) is 48.4 Å². The number of ether oxygens (including phenoxy) is 1. The van der Waals surface area contributed by atoms with Gasteiger partial charge in [-0.15, -0.1) is 0 Å². The van der Waals surface area contributed by atoms with Crippen LogP contribution in [0.4, 0.5) is 19.1 Å². The van der Waals surface area contributed by atoms with E-state index in [-0.39, 0.29) is 22.9 Å². The number of sulfone groups is 1. The Morgan fingerprint density at radius 1 is 0.943 bits per heavy atom. The number of nitrogens with one attached hydrogen (secondary N) is 1. The maximum absolute atomic E-state index is 13.6. The van der Waals surface area contributed by atoms with Crippen molar-refractivity contribution in [3.8, 4) is 17.2 Å². The number of nitrogens with zero attached hydrogens (tertiary/aromatic N) is 1. The van der Waals surface area contributed by atoms with Crippen molar-refractivity contribution in [2.24, 2.45) is 0 Å². The summed E-state index contributed by atoms with van der Waals surface area (Å²) in [5.74, 6) is 0.0230. The number of rotatable bonds is 8. The number of alkyl halides is 3. The van der Waals surface area contributed by atoms with Crippen molar-refractivity contribution in [2.45, 2.75) is 22.5 Å². The summed E-state index contributed by atoms with van der Waals surface area (Å²) in [6, 6.07) is 19.5. The quantitative estimate of drug-likeness (QED) is 0.325. The van der Waals surface area contributed by atoms with E-state index in [2.05, 4.69) is 10.3 Å². The van der Waals surface area contributed by atoms with Gasteiger partial charge in [0.05, 0.1) is 17.6 Å². The highest BCUT2D eigenvalue weighted by atomic mass is 32.2. The van der Waals surface area contributed by atoms with Crippen molar-refractivity contribution in [2.75, 3.05) is 19.0 Å². The maximum Gasteiger partial charge on any atom is 0.417 e. The number of aromatic nitrogens is 1. The van der Waals surface area contributed by atoms with E-state index in [1.165, 1.54) is 30.3 Å². The third-order valence-corrected chi connectivity index (χ3v) is 6.90. The van der Waals surface area contributed by atoms with Crippen molar-refractivity contribution in [3.63, 3.8) is 0 Å². The minimum atomic E-state index is -4.68. The minimum absolute atomic E-state index is 0.0536. The number of hydrogen-bond acceptors (Lipinski definition) is 6. The van der Waals surface area contributed by atoms with Crippen LogP contribution in [0.2, 0.25) is 0 Å². The molecule has 1 N–H and O–H groups in total. The summed E-state index contributed by atoms with van der Waals surface area (Å²) >= 11 is 0. The molecular formula is C25H21F3N2O4S. The molecule has 10 heteroatoms.